The number of amides is 1. The minimum atomic E-state index is 0. The summed E-state index contributed by atoms with van der Waals surface area (Å²) < 4.78 is 0. The molecule has 1 aromatic carbocycles. The van der Waals surface area contributed by atoms with Gasteiger partial charge in [-0.3, -0.25) is 9.78 Å². The van der Waals surface area contributed by atoms with E-state index in [0.717, 1.165) is 36.7 Å². The highest BCUT2D eigenvalue weighted by Gasteiger charge is 2.07. The summed E-state index contributed by atoms with van der Waals surface area (Å²) in [6.45, 7) is 4.15. The lowest BCUT2D eigenvalue weighted by Gasteiger charge is -2.12. The van der Waals surface area contributed by atoms with Crippen molar-refractivity contribution in [2.24, 2.45) is 4.99 Å². The second-order valence-electron chi connectivity index (χ2n) is 6.09. The predicted octanol–water partition coefficient (Wildman–Crippen LogP) is 2.70. The molecule has 0 aliphatic rings. The largest absolute Gasteiger partial charge is 0.357 e. The highest BCUT2D eigenvalue weighted by Crippen LogP contribution is 2.07. The fourth-order valence-corrected chi connectivity index (χ4v) is 2.38. The van der Waals surface area contributed by atoms with Gasteiger partial charge in [0.15, 0.2) is 5.96 Å². The number of halogens is 1. The van der Waals surface area contributed by atoms with Crippen LogP contribution in [-0.4, -0.2) is 48.9 Å². The number of carbonyl (C=O) groups excluding carboxylic acids is 1. The Balaban J connectivity index is 0.00000364. The number of hydrogen-bond donors (Lipinski definition) is 2. The predicted molar refractivity (Wildman–Crippen MR) is 121 cm³/mol. The molecule has 27 heavy (non-hydrogen) atoms. The molecule has 0 fully saturated rings. The smallest absolute Gasteiger partial charge is 0.253 e. The van der Waals surface area contributed by atoms with Crippen molar-refractivity contribution in [1.29, 1.82) is 0 Å². The summed E-state index contributed by atoms with van der Waals surface area (Å²) in [5, 5.41) is 6.56. The number of aromatic nitrogens is 1. The Bertz CT molecular complexity index is 717. The maximum Gasteiger partial charge on any atom is 0.253 e. The summed E-state index contributed by atoms with van der Waals surface area (Å²) in [6, 6.07) is 13.5. The fraction of sp³-hybridized carbons (Fsp3) is 0.350. The average Bonchev–Trinajstić information content (AvgIpc) is 2.66. The maximum atomic E-state index is 11.9. The van der Waals surface area contributed by atoms with Gasteiger partial charge in [0.25, 0.3) is 5.91 Å². The second-order valence-corrected chi connectivity index (χ2v) is 6.09. The van der Waals surface area contributed by atoms with Crippen molar-refractivity contribution in [3.63, 3.8) is 0 Å². The van der Waals surface area contributed by atoms with Gasteiger partial charge in [-0.1, -0.05) is 18.2 Å². The van der Waals surface area contributed by atoms with Gasteiger partial charge >= 0.3 is 0 Å². The number of guanidine groups is 1. The van der Waals surface area contributed by atoms with E-state index in [2.05, 4.69) is 20.6 Å². The zero-order valence-corrected chi connectivity index (χ0v) is 18.4. The molecule has 2 rings (SSSR count). The van der Waals surface area contributed by atoms with Crippen LogP contribution in [0.25, 0.3) is 0 Å². The summed E-state index contributed by atoms with van der Waals surface area (Å²) in [6.07, 6.45) is 2.64. The van der Waals surface area contributed by atoms with Gasteiger partial charge in [-0.2, -0.15) is 0 Å². The van der Waals surface area contributed by atoms with Crippen LogP contribution in [0.1, 0.15) is 28.5 Å². The first kappa shape index (κ1) is 22.9. The number of nitrogens with one attached hydrogen (secondary N) is 2. The lowest BCUT2D eigenvalue weighted by molar-refractivity contribution is 0.0827. The Labute approximate surface area is 178 Å². The van der Waals surface area contributed by atoms with E-state index in [-0.39, 0.29) is 29.9 Å². The number of nitrogens with zero attached hydrogens (tertiary/aromatic N) is 3. The second kappa shape index (κ2) is 12.3. The minimum absolute atomic E-state index is 0. The zero-order chi connectivity index (χ0) is 18.8. The lowest BCUT2D eigenvalue weighted by atomic mass is 10.1. The fourth-order valence-electron chi connectivity index (χ4n) is 2.38. The van der Waals surface area contributed by atoms with Crippen LogP contribution in [0.2, 0.25) is 0 Å². The molecule has 6 nitrogen and oxygen atoms in total. The molecule has 1 aromatic heterocycles. The number of rotatable bonds is 7. The number of benzene rings is 1. The molecule has 0 saturated carbocycles. The average molecular weight is 481 g/mol. The van der Waals surface area contributed by atoms with Crippen LogP contribution in [0.3, 0.4) is 0 Å². The number of pyridine rings is 1. The zero-order valence-electron chi connectivity index (χ0n) is 16.1. The van der Waals surface area contributed by atoms with Crippen molar-refractivity contribution in [3.8, 4) is 0 Å². The van der Waals surface area contributed by atoms with Crippen LogP contribution < -0.4 is 10.6 Å². The summed E-state index contributed by atoms with van der Waals surface area (Å²) in [5.41, 5.74) is 2.79. The first-order valence-electron chi connectivity index (χ1n) is 8.83. The monoisotopic (exact) mass is 481 g/mol. The third-order valence-corrected chi connectivity index (χ3v) is 3.77. The van der Waals surface area contributed by atoms with Crippen molar-refractivity contribution >= 4 is 35.8 Å². The van der Waals surface area contributed by atoms with Crippen LogP contribution in [0.15, 0.2) is 53.7 Å². The molecule has 2 N–H and O–H groups in total. The van der Waals surface area contributed by atoms with Crippen LogP contribution in [0.5, 0.6) is 0 Å². The van der Waals surface area contributed by atoms with Gasteiger partial charge in [0, 0.05) is 51.1 Å². The molecule has 0 atom stereocenters. The van der Waals surface area contributed by atoms with Crippen molar-refractivity contribution in [2.75, 3.05) is 27.2 Å². The molecular formula is C20H28IN5O. The van der Waals surface area contributed by atoms with Crippen molar-refractivity contribution in [2.45, 2.75) is 19.9 Å². The molecule has 0 radical (unpaired) electrons. The molecule has 1 heterocycles. The molecule has 146 valence electrons. The van der Waals surface area contributed by atoms with E-state index in [1.54, 1.807) is 25.2 Å². The molecule has 2 aromatic rings. The van der Waals surface area contributed by atoms with Gasteiger partial charge in [0.1, 0.15) is 0 Å². The molecule has 0 unspecified atom stereocenters. The third-order valence-electron chi connectivity index (χ3n) is 3.77. The molecule has 0 saturated heterocycles. The maximum absolute atomic E-state index is 11.9. The van der Waals surface area contributed by atoms with E-state index >= 15 is 0 Å². The summed E-state index contributed by atoms with van der Waals surface area (Å²) in [4.78, 5) is 22.4. The van der Waals surface area contributed by atoms with Gasteiger partial charge in [-0.15, -0.1) is 24.0 Å². The van der Waals surface area contributed by atoms with E-state index in [1.165, 1.54) is 0 Å². The Kier molecular flexibility index (Phi) is 10.4. The molecule has 1 amide bonds. The van der Waals surface area contributed by atoms with E-state index in [0.29, 0.717) is 12.1 Å². The van der Waals surface area contributed by atoms with Gasteiger partial charge in [-0.05, 0) is 36.8 Å². The molecular weight excluding hydrogens is 453 g/mol. The molecule has 0 spiro atoms. The molecule has 0 aliphatic carbocycles. The van der Waals surface area contributed by atoms with Crippen molar-refractivity contribution in [3.05, 3.63) is 65.5 Å². The van der Waals surface area contributed by atoms with E-state index < -0.39 is 0 Å². The third kappa shape index (κ3) is 7.94. The highest BCUT2D eigenvalue weighted by atomic mass is 127. The Morgan fingerprint density at radius 3 is 2.44 bits per heavy atom. The minimum Gasteiger partial charge on any atom is -0.357 e. The topological polar surface area (TPSA) is 69.6 Å². The summed E-state index contributed by atoms with van der Waals surface area (Å²) >= 11 is 0. The first-order valence-corrected chi connectivity index (χ1v) is 8.83. The number of aliphatic imine (C=N–C) groups is 1. The standard InChI is InChI=1S/C20H27N5O.HI/c1-4-21-20(23-14-12-18-7-5-6-13-22-18)24-15-16-8-10-17(11-9-16)19(26)25(2)3;/h5-11,13H,4,12,14-15H2,1-3H3,(H2,21,23,24);1H. The quantitative estimate of drug-likeness (QED) is 0.363. The van der Waals surface area contributed by atoms with Crippen molar-refractivity contribution < 1.29 is 4.79 Å². The highest BCUT2D eigenvalue weighted by molar-refractivity contribution is 14.0. The molecule has 7 heteroatoms. The van der Waals surface area contributed by atoms with Crippen LogP contribution in [0, 0.1) is 0 Å². The van der Waals surface area contributed by atoms with E-state index in [4.69, 9.17) is 0 Å². The van der Waals surface area contributed by atoms with E-state index in [1.807, 2.05) is 49.4 Å². The number of carbonyl (C=O) groups is 1. The van der Waals surface area contributed by atoms with Gasteiger partial charge in [0.2, 0.25) is 0 Å². The molecule has 0 aliphatic heterocycles. The van der Waals surface area contributed by atoms with Gasteiger partial charge in [-0.25, -0.2) is 4.99 Å². The van der Waals surface area contributed by atoms with Gasteiger partial charge in [0.05, 0.1) is 6.54 Å². The van der Waals surface area contributed by atoms with Crippen LogP contribution >= 0.6 is 24.0 Å². The first-order chi connectivity index (χ1) is 12.6. The summed E-state index contributed by atoms with van der Waals surface area (Å²) in [5.74, 6) is 0.779. The number of hydrogen-bond acceptors (Lipinski definition) is 3. The van der Waals surface area contributed by atoms with Crippen LogP contribution in [0.4, 0.5) is 0 Å². The summed E-state index contributed by atoms with van der Waals surface area (Å²) in [7, 11) is 3.50. The molecule has 0 bridgehead atoms. The Morgan fingerprint density at radius 1 is 1.11 bits per heavy atom. The van der Waals surface area contributed by atoms with Crippen molar-refractivity contribution in [1.82, 2.24) is 20.5 Å². The van der Waals surface area contributed by atoms with Crippen LogP contribution in [-0.2, 0) is 13.0 Å². The van der Waals surface area contributed by atoms with Gasteiger partial charge < -0.3 is 15.5 Å². The van der Waals surface area contributed by atoms with E-state index in [9.17, 15) is 4.79 Å². The normalized spacial score (nSPS) is 10.7. The lowest BCUT2D eigenvalue weighted by Crippen LogP contribution is -2.38. The Hall–Kier alpha value is -2.16. The Morgan fingerprint density at radius 2 is 1.85 bits per heavy atom. The SMILES string of the molecule is CCNC(=NCc1ccc(C(=O)N(C)C)cc1)NCCc1ccccn1.I.